The molecule has 2 aliphatic rings. The Hall–Kier alpha value is -1.85. The number of nitrogens with one attached hydrogen (secondary N) is 1. The van der Waals surface area contributed by atoms with E-state index in [9.17, 15) is 4.79 Å². The maximum absolute atomic E-state index is 12.2. The van der Waals surface area contributed by atoms with E-state index in [1.165, 1.54) is 0 Å². The molecule has 0 saturated carbocycles. The van der Waals surface area contributed by atoms with Crippen LogP contribution >= 0.6 is 0 Å². The summed E-state index contributed by atoms with van der Waals surface area (Å²) in [5, 5.41) is 4.91. The molecule has 2 aromatic rings. The Kier molecular flexibility index (Phi) is 2.58. The molecule has 2 aliphatic heterocycles. The van der Waals surface area contributed by atoms with Gasteiger partial charge in [-0.3, -0.25) is 4.79 Å². The minimum Gasteiger partial charge on any atom is -0.399 e. The summed E-state index contributed by atoms with van der Waals surface area (Å²) in [6.07, 6.45) is 0. The number of hydrogen-bond acceptors (Lipinski definition) is 3. The Balaban J connectivity index is 1.85. The quantitative estimate of drug-likeness (QED) is 0.823. The maximum Gasteiger partial charge on any atom is 0.494 e. The molecule has 2 heterocycles. The molecule has 0 bridgehead atoms. The molecule has 5 heteroatoms. The molecule has 4 rings (SSSR count). The number of carbonyl (C=O) groups is 1. The van der Waals surface area contributed by atoms with Crippen LogP contribution in [0.25, 0.3) is 10.8 Å². The molecule has 0 atom stereocenters. The summed E-state index contributed by atoms with van der Waals surface area (Å²) in [4.78, 5) is 12.2. The van der Waals surface area contributed by atoms with Crippen molar-refractivity contribution in [3.05, 3.63) is 35.9 Å². The Morgan fingerprint density at radius 2 is 1.73 bits per heavy atom. The first kappa shape index (κ1) is 13.8. The Morgan fingerprint density at radius 3 is 2.41 bits per heavy atom. The van der Waals surface area contributed by atoms with Crippen LogP contribution < -0.4 is 10.8 Å². The van der Waals surface area contributed by atoms with Crippen LogP contribution in [0.1, 0.15) is 38.1 Å². The van der Waals surface area contributed by atoms with Crippen LogP contribution in [0.4, 0.5) is 5.69 Å². The number of amides is 1. The van der Waals surface area contributed by atoms with E-state index in [1.807, 2.05) is 58.0 Å². The highest BCUT2D eigenvalue weighted by Gasteiger charge is 2.51. The van der Waals surface area contributed by atoms with Crippen LogP contribution in [0.3, 0.4) is 0 Å². The second-order valence-electron chi connectivity index (χ2n) is 7.01. The summed E-state index contributed by atoms with van der Waals surface area (Å²) in [6.45, 7) is 8.10. The second-order valence-corrected chi connectivity index (χ2v) is 7.01. The third kappa shape index (κ3) is 1.76. The van der Waals surface area contributed by atoms with Crippen molar-refractivity contribution >= 4 is 34.9 Å². The summed E-state index contributed by atoms with van der Waals surface area (Å²) >= 11 is 0. The molecule has 4 nitrogen and oxygen atoms in total. The zero-order chi connectivity index (χ0) is 15.7. The fraction of sp³-hybridized carbons (Fsp3) is 0.353. The van der Waals surface area contributed by atoms with Crippen molar-refractivity contribution in [1.82, 2.24) is 0 Å². The van der Waals surface area contributed by atoms with Crippen molar-refractivity contribution in [2.24, 2.45) is 0 Å². The number of anilines is 1. The van der Waals surface area contributed by atoms with Gasteiger partial charge in [-0.25, -0.2) is 0 Å². The number of carbonyl (C=O) groups excluding carboxylic acids is 1. The highest BCUT2D eigenvalue weighted by molar-refractivity contribution is 6.62. The first-order chi connectivity index (χ1) is 10.3. The lowest BCUT2D eigenvalue weighted by atomic mass is 9.77. The molecule has 2 aromatic carbocycles. The van der Waals surface area contributed by atoms with Crippen LogP contribution in [0.2, 0.25) is 0 Å². The summed E-state index contributed by atoms with van der Waals surface area (Å²) in [6, 6.07) is 9.81. The predicted octanol–water partition coefficient (Wildman–Crippen LogP) is 2.70. The third-order valence-electron chi connectivity index (χ3n) is 5.02. The van der Waals surface area contributed by atoms with Gasteiger partial charge >= 0.3 is 7.12 Å². The Morgan fingerprint density at radius 1 is 1.05 bits per heavy atom. The normalized spacial score (nSPS) is 21.5. The number of benzene rings is 2. The van der Waals surface area contributed by atoms with Gasteiger partial charge in [0.15, 0.2) is 0 Å². The lowest BCUT2D eigenvalue weighted by molar-refractivity contribution is 0.00578. The van der Waals surface area contributed by atoms with Gasteiger partial charge in [0.1, 0.15) is 0 Å². The predicted molar refractivity (Wildman–Crippen MR) is 87.6 cm³/mol. The van der Waals surface area contributed by atoms with Gasteiger partial charge in [0.25, 0.3) is 5.91 Å². The summed E-state index contributed by atoms with van der Waals surface area (Å²) < 4.78 is 12.2. The first-order valence-corrected chi connectivity index (χ1v) is 7.52. The minimum atomic E-state index is -0.456. The summed E-state index contributed by atoms with van der Waals surface area (Å²) in [5.74, 6) is -0.0652. The molecule has 1 amide bonds. The molecule has 22 heavy (non-hydrogen) atoms. The maximum atomic E-state index is 12.2. The van der Waals surface area contributed by atoms with Crippen molar-refractivity contribution in [3.63, 3.8) is 0 Å². The van der Waals surface area contributed by atoms with Crippen molar-refractivity contribution in [1.29, 1.82) is 0 Å². The Bertz CT molecular complexity index is 797. The number of hydrogen-bond donors (Lipinski definition) is 1. The van der Waals surface area contributed by atoms with Gasteiger partial charge < -0.3 is 14.6 Å². The Labute approximate surface area is 129 Å². The van der Waals surface area contributed by atoms with E-state index >= 15 is 0 Å². The van der Waals surface area contributed by atoms with Crippen molar-refractivity contribution in [3.8, 4) is 0 Å². The molecule has 112 valence electrons. The highest BCUT2D eigenvalue weighted by Crippen LogP contribution is 2.38. The standard InChI is InChI=1S/C17H18BNO3/c1-16(2)17(3,4)22-18(21-16)11-8-10-6-5-7-13-14(10)12(9-11)15(20)19-13/h5-9H,1-4H3,(H,19,20). The molecular formula is C17H18BNO3. The molecule has 1 N–H and O–H groups in total. The minimum absolute atomic E-state index is 0.0652. The van der Waals surface area contributed by atoms with Crippen molar-refractivity contribution in [2.75, 3.05) is 5.32 Å². The third-order valence-corrected chi connectivity index (χ3v) is 5.02. The molecular weight excluding hydrogens is 277 g/mol. The van der Waals surface area contributed by atoms with Crippen molar-refractivity contribution in [2.45, 2.75) is 38.9 Å². The van der Waals surface area contributed by atoms with Crippen molar-refractivity contribution < 1.29 is 14.1 Å². The average molecular weight is 295 g/mol. The van der Waals surface area contributed by atoms with Crippen LogP contribution in [-0.2, 0) is 9.31 Å². The molecule has 0 aliphatic carbocycles. The highest BCUT2D eigenvalue weighted by atomic mass is 16.7. The average Bonchev–Trinajstić information content (AvgIpc) is 2.86. The second kappa shape index (κ2) is 4.12. The van der Waals surface area contributed by atoms with Crippen LogP contribution in [0, 0.1) is 0 Å². The van der Waals surface area contributed by atoms with E-state index in [0.29, 0.717) is 5.56 Å². The zero-order valence-corrected chi connectivity index (χ0v) is 13.2. The van der Waals surface area contributed by atoms with Gasteiger partial charge in [0, 0.05) is 16.6 Å². The summed E-state index contributed by atoms with van der Waals surface area (Å²) in [7, 11) is -0.456. The number of rotatable bonds is 1. The lowest BCUT2D eigenvalue weighted by Gasteiger charge is -2.32. The molecule has 0 aromatic heterocycles. The molecule has 0 unspecified atom stereocenters. The van der Waals surface area contributed by atoms with Gasteiger partial charge in [0.05, 0.1) is 11.2 Å². The van der Waals surface area contributed by atoms with E-state index < -0.39 is 18.3 Å². The molecule has 1 fully saturated rings. The fourth-order valence-corrected chi connectivity index (χ4v) is 3.04. The van der Waals surface area contributed by atoms with Crippen LogP contribution in [0.5, 0.6) is 0 Å². The smallest absolute Gasteiger partial charge is 0.399 e. The van der Waals surface area contributed by atoms with Gasteiger partial charge in [-0.05, 0) is 50.7 Å². The molecule has 1 saturated heterocycles. The first-order valence-electron chi connectivity index (χ1n) is 7.52. The van der Waals surface area contributed by atoms with Gasteiger partial charge in [-0.15, -0.1) is 0 Å². The molecule has 0 radical (unpaired) electrons. The fourth-order valence-electron chi connectivity index (χ4n) is 3.04. The van der Waals surface area contributed by atoms with E-state index in [2.05, 4.69) is 5.32 Å². The van der Waals surface area contributed by atoms with Crippen LogP contribution in [-0.4, -0.2) is 24.2 Å². The summed E-state index contributed by atoms with van der Waals surface area (Å²) in [5.41, 5.74) is 1.67. The SMILES string of the molecule is CC1(C)OB(c2cc3c4c(cccc4c2)NC3=O)OC1(C)C. The topological polar surface area (TPSA) is 47.6 Å². The largest absolute Gasteiger partial charge is 0.494 e. The van der Waals surface area contributed by atoms with E-state index in [4.69, 9.17) is 9.31 Å². The lowest BCUT2D eigenvalue weighted by Crippen LogP contribution is -2.41. The van der Waals surface area contributed by atoms with Gasteiger partial charge in [0.2, 0.25) is 0 Å². The van der Waals surface area contributed by atoms with E-state index in [1.54, 1.807) is 0 Å². The van der Waals surface area contributed by atoms with E-state index in [-0.39, 0.29) is 5.91 Å². The zero-order valence-electron chi connectivity index (χ0n) is 13.2. The van der Waals surface area contributed by atoms with Gasteiger partial charge in [-0.2, -0.15) is 0 Å². The monoisotopic (exact) mass is 295 g/mol. The molecule has 0 spiro atoms. The van der Waals surface area contributed by atoms with Crippen LogP contribution in [0.15, 0.2) is 30.3 Å². The van der Waals surface area contributed by atoms with Gasteiger partial charge in [-0.1, -0.05) is 18.2 Å². The van der Waals surface area contributed by atoms with E-state index in [0.717, 1.165) is 21.9 Å².